The van der Waals surface area contributed by atoms with Gasteiger partial charge < -0.3 is 4.74 Å². The number of methoxy groups -OCH3 is 1. The van der Waals surface area contributed by atoms with Crippen LogP contribution in [0.15, 0.2) is 17.5 Å². The van der Waals surface area contributed by atoms with Gasteiger partial charge in [-0.2, -0.15) is 0 Å². The zero-order chi connectivity index (χ0) is 10.1. The number of aryl methyl sites for hydroxylation is 1. The monoisotopic (exact) mass is 206 g/mol. The van der Waals surface area contributed by atoms with Crippen LogP contribution in [0, 0.1) is 6.92 Å². The van der Waals surface area contributed by atoms with Crippen molar-refractivity contribution in [1.82, 2.24) is 0 Å². The lowest BCUT2D eigenvalue weighted by molar-refractivity contribution is 0.112. The van der Waals surface area contributed by atoms with Crippen LogP contribution in [-0.2, 0) is 0 Å². The van der Waals surface area contributed by atoms with Gasteiger partial charge in [-0.25, -0.2) is 0 Å². The molecule has 2 nitrogen and oxygen atoms in total. The Bertz CT molecular complexity index is 485. The summed E-state index contributed by atoms with van der Waals surface area (Å²) in [6.45, 7) is 2.04. The maximum absolute atomic E-state index is 10.9. The topological polar surface area (TPSA) is 26.3 Å². The van der Waals surface area contributed by atoms with Gasteiger partial charge in [0.05, 0.1) is 12.7 Å². The fraction of sp³-hybridized carbons (Fsp3) is 0.182. The predicted molar refractivity (Wildman–Crippen MR) is 58.5 cm³/mol. The summed E-state index contributed by atoms with van der Waals surface area (Å²) in [4.78, 5) is 10.9. The van der Waals surface area contributed by atoms with Gasteiger partial charge in [0.1, 0.15) is 5.75 Å². The van der Waals surface area contributed by atoms with Gasteiger partial charge in [-0.1, -0.05) is 0 Å². The third kappa shape index (κ3) is 1.21. The lowest BCUT2D eigenvalue weighted by Crippen LogP contribution is -1.89. The lowest BCUT2D eigenvalue weighted by Gasteiger charge is -2.03. The summed E-state index contributed by atoms with van der Waals surface area (Å²) in [5, 5.41) is 3.19. The number of rotatable bonds is 2. The van der Waals surface area contributed by atoms with Crippen LogP contribution >= 0.6 is 11.3 Å². The Kier molecular flexibility index (Phi) is 2.25. The van der Waals surface area contributed by atoms with Crippen LogP contribution in [-0.4, -0.2) is 13.4 Å². The number of fused-ring (bicyclic) bond motifs is 1. The van der Waals surface area contributed by atoms with E-state index in [0.717, 1.165) is 16.4 Å². The second kappa shape index (κ2) is 3.42. The van der Waals surface area contributed by atoms with Crippen molar-refractivity contribution in [2.75, 3.05) is 7.11 Å². The Hall–Kier alpha value is -1.35. The van der Waals surface area contributed by atoms with Crippen LogP contribution in [0.5, 0.6) is 5.75 Å². The first kappa shape index (κ1) is 9.21. The molecule has 0 saturated heterocycles. The van der Waals surface area contributed by atoms with Crippen molar-refractivity contribution in [3.63, 3.8) is 0 Å². The minimum Gasteiger partial charge on any atom is -0.496 e. The van der Waals surface area contributed by atoms with Crippen molar-refractivity contribution in [2.45, 2.75) is 6.92 Å². The summed E-state index contributed by atoms with van der Waals surface area (Å²) in [5.74, 6) is 0.648. The molecule has 1 aromatic heterocycles. The second-order valence-electron chi connectivity index (χ2n) is 3.09. The van der Waals surface area contributed by atoms with Crippen molar-refractivity contribution in [2.24, 2.45) is 0 Å². The minimum absolute atomic E-state index is 0.648. The van der Waals surface area contributed by atoms with Crippen LogP contribution in [0.2, 0.25) is 0 Å². The molecule has 0 atom stereocenters. The number of thiophene rings is 1. The molecule has 0 fully saturated rings. The molecule has 2 rings (SSSR count). The van der Waals surface area contributed by atoms with Gasteiger partial charge in [0, 0.05) is 4.70 Å². The van der Waals surface area contributed by atoms with E-state index in [1.54, 1.807) is 18.4 Å². The summed E-state index contributed by atoms with van der Waals surface area (Å²) in [7, 11) is 1.58. The van der Waals surface area contributed by atoms with Crippen molar-refractivity contribution < 1.29 is 9.53 Å². The van der Waals surface area contributed by atoms with Gasteiger partial charge >= 0.3 is 0 Å². The third-order valence-electron chi connectivity index (χ3n) is 2.27. The van der Waals surface area contributed by atoms with Crippen molar-refractivity contribution in [3.8, 4) is 5.75 Å². The van der Waals surface area contributed by atoms with Gasteiger partial charge in [0.2, 0.25) is 0 Å². The summed E-state index contributed by atoms with van der Waals surface area (Å²) in [6, 6.07) is 3.83. The lowest BCUT2D eigenvalue weighted by atomic mass is 10.1. The molecule has 0 amide bonds. The molecule has 0 aliphatic carbocycles. The third-order valence-corrected chi connectivity index (χ3v) is 3.42. The molecule has 1 aromatic carbocycles. The van der Waals surface area contributed by atoms with E-state index in [1.807, 2.05) is 19.1 Å². The van der Waals surface area contributed by atoms with Gasteiger partial charge in [0.25, 0.3) is 0 Å². The molecule has 0 unspecified atom stereocenters. The Morgan fingerprint density at radius 2 is 2.21 bits per heavy atom. The molecule has 0 aliphatic heterocycles. The molecular weight excluding hydrogens is 196 g/mol. The summed E-state index contributed by atoms with van der Waals surface area (Å²) >= 11 is 1.58. The van der Waals surface area contributed by atoms with Crippen LogP contribution in [0.1, 0.15) is 15.9 Å². The molecule has 0 N–H and O–H groups in total. The summed E-state index contributed by atoms with van der Waals surface area (Å²) in [5.41, 5.74) is 1.86. The number of aldehydes is 1. The van der Waals surface area contributed by atoms with E-state index in [0.29, 0.717) is 11.3 Å². The first-order valence-electron chi connectivity index (χ1n) is 4.28. The average molecular weight is 206 g/mol. The normalized spacial score (nSPS) is 10.4. The highest BCUT2D eigenvalue weighted by atomic mass is 32.1. The number of hydrogen-bond donors (Lipinski definition) is 0. The number of carbonyl (C=O) groups is 1. The van der Waals surface area contributed by atoms with E-state index in [4.69, 9.17) is 4.74 Å². The molecule has 2 aromatic rings. The van der Waals surface area contributed by atoms with E-state index in [2.05, 4.69) is 5.38 Å². The van der Waals surface area contributed by atoms with Gasteiger partial charge in [-0.3, -0.25) is 4.79 Å². The van der Waals surface area contributed by atoms with E-state index < -0.39 is 0 Å². The highest BCUT2D eigenvalue weighted by molar-refractivity contribution is 7.17. The molecule has 1 heterocycles. The smallest absolute Gasteiger partial charge is 0.155 e. The minimum atomic E-state index is 0.648. The maximum atomic E-state index is 10.9. The maximum Gasteiger partial charge on any atom is 0.155 e. The molecule has 0 radical (unpaired) electrons. The number of benzene rings is 1. The van der Waals surface area contributed by atoms with Gasteiger partial charge in [-0.15, -0.1) is 11.3 Å². The summed E-state index contributed by atoms with van der Waals surface area (Å²) < 4.78 is 6.14. The zero-order valence-electron chi connectivity index (χ0n) is 8.03. The van der Waals surface area contributed by atoms with Crippen molar-refractivity contribution in [1.29, 1.82) is 0 Å². The molecule has 0 aliphatic rings. The van der Waals surface area contributed by atoms with E-state index in [-0.39, 0.29) is 0 Å². The van der Waals surface area contributed by atoms with Gasteiger partial charge in [-0.05, 0) is 35.4 Å². The standard InChI is InChI=1S/C11H10O2S/c1-7-6-14-11-8(7)3-4-10(13-2)9(11)5-12/h3-6H,1-2H3. The molecule has 0 saturated carbocycles. The molecule has 3 heteroatoms. The fourth-order valence-electron chi connectivity index (χ4n) is 1.52. The SMILES string of the molecule is COc1ccc2c(C)csc2c1C=O. The van der Waals surface area contributed by atoms with E-state index >= 15 is 0 Å². The Balaban J connectivity index is 2.84. The largest absolute Gasteiger partial charge is 0.496 e. The highest BCUT2D eigenvalue weighted by Crippen LogP contribution is 2.32. The van der Waals surface area contributed by atoms with Gasteiger partial charge in [0.15, 0.2) is 6.29 Å². The molecule has 14 heavy (non-hydrogen) atoms. The molecule has 72 valence electrons. The zero-order valence-corrected chi connectivity index (χ0v) is 8.85. The van der Waals surface area contributed by atoms with E-state index in [1.165, 1.54) is 5.56 Å². The van der Waals surface area contributed by atoms with E-state index in [9.17, 15) is 4.79 Å². The van der Waals surface area contributed by atoms with Crippen LogP contribution < -0.4 is 4.74 Å². The Labute approximate surface area is 86.1 Å². The van der Waals surface area contributed by atoms with Crippen LogP contribution in [0.3, 0.4) is 0 Å². The first-order valence-corrected chi connectivity index (χ1v) is 5.16. The Morgan fingerprint density at radius 3 is 2.86 bits per heavy atom. The van der Waals surface area contributed by atoms with Crippen LogP contribution in [0.25, 0.3) is 10.1 Å². The first-order chi connectivity index (χ1) is 6.77. The number of hydrogen-bond acceptors (Lipinski definition) is 3. The quantitative estimate of drug-likeness (QED) is 0.706. The molecular formula is C11H10O2S. The average Bonchev–Trinajstić information content (AvgIpc) is 2.59. The van der Waals surface area contributed by atoms with Crippen molar-refractivity contribution >= 4 is 27.7 Å². The summed E-state index contributed by atoms with van der Waals surface area (Å²) in [6.07, 6.45) is 0.858. The number of carbonyl (C=O) groups excluding carboxylic acids is 1. The van der Waals surface area contributed by atoms with Crippen LogP contribution in [0.4, 0.5) is 0 Å². The molecule has 0 bridgehead atoms. The Morgan fingerprint density at radius 1 is 1.43 bits per heavy atom. The van der Waals surface area contributed by atoms with Crippen molar-refractivity contribution in [3.05, 3.63) is 28.6 Å². The number of ether oxygens (including phenoxy) is 1. The fourth-order valence-corrected chi connectivity index (χ4v) is 2.57. The second-order valence-corrected chi connectivity index (χ2v) is 3.97. The highest BCUT2D eigenvalue weighted by Gasteiger charge is 2.09. The molecule has 0 spiro atoms. The predicted octanol–water partition coefficient (Wildman–Crippen LogP) is 3.03.